The number of hydrogen-bond acceptors (Lipinski definition) is 3. The lowest BCUT2D eigenvalue weighted by Crippen LogP contribution is -2.41. The third kappa shape index (κ3) is 2.25. The van der Waals surface area contributed by atoms with E-state index in [1.54, 1.807) is 0 Å². The second-order valence-electron chi connectivity index (χ2n) is 7.47. The second kappa shape index (κ2) is 4.07. The Morgan fingerprint density at radius 2 is 1.61 bits per heavy atom. The summed E-state index contributed by atoms with van der Waals surface area (Å²) in [6.07, 6.45) is 2.28. The number of rotatable bonds is 1. The first-order chi connectivity index (χ1) is 8.06. The van der Waals surface area contributed by atoms with Gasteiger partial charge in [0.15, 0.2) is 0 Å². The lowest BCUT2D eigenvalue weighted by Gasteiger charge is -2.37. The molecular formula is C14H25BO3. The van der Waals surface area contributed by atoms with Gasteiger partial charge < -0.3 is 9.31 Å². The smallest absolute Gasteiger partial charge is 0.403 e. The van der Waals surface area contributed by atoms with Crippen molar-refractivity contribution < 1.29 is 14.1 Å². The third-order valence-electron chi connectivity index (χ3n) is 4.81. The van der Waals surface area contributed by atoms with E-state index in [1.807, 2.05) is 0 Å². The van der Waals surface area contributed by atoms with Crippen LogP contribution >= 0.6 is 0 Å². The van der Waals surface area contributed by atoms with E-state index in [2.05, 4.69) is 41.5 Å². The van der Waals surface area contributed by atoms with Crippen LogP contribution in [0.3, 0.4) is 0 Å². The minimum Gasteiger partial charge on any atom is -0.403 e. The van der Waals surface area contributed by atoms with Gasteiger partial charge in [-0.2, -0.15) is 0 Å². The number of carbonyl (C=O) groups excluding carboxylic acids is 1. The molecule has 0 aromatic rings. The zero-order valence-electron chi connectivity index (χ0n) is 12.5. The Morgan fingerprint density at radius 1 is 1.11 bits per heavy atom. The summed E-state index contributed by atoms with van der Waals surface area (Å²) in [7, 11) is -0.269. The number of ketones is 1. The van der Waals surface area contributed by atoms with E-state index in [0.717, 1.165) is 6.42 Å². The second-order valence-corrected chi connectivity index (χ2v) is 7.47. The molecule has 0 aromatic heterocycles. The lowest BCUT2D eigenvalue weighted by atomic mass is 9.50. The molecule has 0 N–H and O–H groups in total. The molecule has 0 radical (unpaired) electrons. The van der Waals surface area contributed by atoms with Crippen LogP contribution in [0.2, 0.25) is 5.31 Å². The van der Waals surface area contributed by atoms with Gasteiger partial charge >= 0.3 is 7.12 Å². The maximum atomic E-state index is 11.9. The van der Waals surface area contributed by atoms with Crippen molar-refractivity contribution in [2.75, 3.05) is 0 Å². The van der Waals surface area contributed by atoms with Crippen LogP contribution in [0.15, 0.2) is 0 Å². The fraction of sp³-hybridized carbons (Fsp3) is 0.929. The molecule has 2 rings (SSSR count). The lowest BCUT2D eigenvalue weighted by molar-refractivity contribution is -0.122. The predicted molar refractivity (Wildman–Crippen MR) is 72.5 cm³/mol. The first kappa shape index (κ1) is 14.1. The molecule has 4 heteroatoms. The molecule has 0 spiro atoms. The van der Waals surface area contributed by atoms with Gasteiger partial charge in [-0.1, -0.05) is 13.8 Å². The first-order valence-electron chi connectivity index (χ1n) is 6.93. The molecule has 1 aliphatic heterocycles. The van der Waals surface area contributed by atoms with Crippen molar-refractivity contribution in [3.63, 3.8) is 0 Å². The standard InChI is InChI=1S/C14H25BO3/c1-10-7-11(16)9-14(6,8-10)15-17-12(2,3)13(4,5)18-15/h10H,7-9H2,1-6H3. The summed E-state index contributed by atoms with van der Waals surface area (Å²) in [5.74, 6) is 0.765. The Balaban J connectivity index is 2.20. The Hall–Kier alpha value is -0.345. The minimum atomic E-state index is -0.315. The highest BCUT2D eigenvalue weighted by Crippen LogP contribution is 2.52. The first-order valence-corrected chi connectivity index (χ1v) is 6.93. The molecule has 1 aliphatic carbocycles. The molecule has 102 valence electrons. The molecule has 0 aromatic carbocycles. The summed E-state index contributed by atoms with van der Waals surface area (Å²) in [4.78, 5) is 11.9. The van der Waals surface area contributed by atoms with Crippen LogP contribution in [0.5, 0.6) is 0 Å². The Kier molecular flexibility index (Phi) is 3.18. The summed E-state index contributed by atoms with van der Waals surface area (Å²) in [6, 6.07) is 0. The Labute approximate surface area is 111 Å². The topological polar surface area (TPSA) is 35.5 Å². The van der Waals surface area contributed by atoms with E-state index in [-0.39, 0.29) is 23.6 Å². The van der Waals surface area contributed by atoms with Crippen molar-refractivity contribution in [1.29, 1.82) is 0 Å². The maximum absolute atomic E-state index is 11.9. The number of Topliss-reactive ketones (excluding diaryl/α,β-unsaturated/α-hetero) is 1. The van der Waals surface area contributed by atoms with Crippen LogP contribution in [0, 0.1) is 5.92 Å². The van der Waals surface area contributed by atoms with Crippen LogP contribution in [-0.4, -0.2) is 24.1 Å². The average Bonchev–Trinajstić information content (AvgIpc) is 2.33. The maximum Gasteiger partial charge on any atom is 0.464 e. The highest BCUT2D eigenvalue weighted by Gasteiger charge is 2.59. The molecule has 0 bridgehead atoms. The normalized spacial score (nSPS) is 39.1. The fourth-order valence-corrected chi connectivity index (χ4v) is 3.16. The van der Waals surface area contributed by atoms with E-state index in [1.165, 1.54) is 0 Å². The summed E-state index contributed by atoms with van der Waals surface area (Å²) in [5, 5.41) is -0.181. The minimum absolute atomic E-state index is 0.181. The predicted octanol–water partition coefficient (Wildman–Crippen LogP) is 3.23. The largest absolute Gasteiger partial charge is 0.464 e. The van der Waals surface area contributed by atoms with Crippen LogP contribution in [-0.2, 0) is 14.1 Å². The summed E-state index contributed by atoms with van der Waals surface area (Å²) in [6.45, 7) is 12.5. The third-order valence-corrected chi connectivity index (χ3v) is 4.81. The van der Waals surface area contributed by atoms with E-state index < -0.39 is 0 Å². The van der Waals surface area contributed by atoms with Crippen molar-refractivity contribution in [3.8, 4) is 0 Å². The molecule has 1 saturated carbocycles. The molecule has 1 saturated heterocycles. The summed E-state index contributed by atoms with van der Waals surface area (Å²) in [5.41, 5.74) is -0.630. The zero-order chi connectivity index (χ0) is 13.8. The molecule has 2 unspecified atom stereocenters. The van der Waals surface area contributed by atoms with Gasteiger partial charge in [-0.3, -0.25) is 4.79 Å². The van der Waals surface area contributed by atoms with Crippen molar-refractivity contribution in [2.45, 2.75) is 77.3 Å². The Bertz CT molecular complexity index is 348. The van der Waals surface area contributed by atoms with Crippen LogP contribution in [0.4, 0.5) is 0 Å². The van der Waals surface area contributed by atoms with E-state index in [9.17, 15) is 4.79 Å². The molecule has 2 atom stereocenters. The molecule has 18 heavy (non-hydrogen) atoms. The molecule has 3 nitrogen and oxygen atoms in total. The highest BCUT2D eigenvalue weighted by molar-refractivity contribution is 6.50. The van der Waals surface area contributed by atoms with E-state index in [4.69, 9.17) is 9.31 Å². The van der Waals surface area contributed by atoms with Crippen molar-refractivity contribution in [1.82, 2.24) is 0 Å². The molecule has 0 amide bonds. The molecular weight excluding hydrogens is 227 g/mol. The highest BCUT2D eigenvalue weighted by atomic mass is 16.7. The zero-order valence-corrected chi connectivity index (χ0v) is 12.5. The number of hydrogen-bond donors (Lipinski definition) is 0. The Morgan fingerprint density at radius 3 is 2.06 bits per heavy atom. The van der Waals surface area contributed by atoms with Crippen LogP contribution in [0.25, 0.3) is 0 Å². The van der Waals surface area contributed by atoms with Crippen LogP contribution < -0.4 is 0 Å². The van der Waals surface area contributed by atoms with E-state index in [0.29, 0.717) is 24.5 Å². The van der Waals surface area contributed by atoms with Crippen molar-refractivity contribution in [3.05, 3.63) is 0 Å². The van der Waals surface area contributed by atoms with Crippen molar-refractivity contribution >= 4 is 12.9 Å². The van der Waals surface area contributed by atoms with Gasteiger partial charge in [-0.25, -0.2) is 0 Å². The molecule has 2 aliphatic rings. The monoisotopic (exact) mass is 252 g/mol. The molecule has 2 fully saturated rings. The summed E-state index contributed by atoms with van der Waals surface area (Å²) < 4.78 is 12.3. The van der Waals surface area contributed by atoms with Gasteiger partial charge in [0.2, 0.25) is 0 Å². The average molecular weight is 252 g/mol. The van der Waals surface area contributed by atoms with Gasteiger partial charge in [0, 0.05) is 18.2 Å². The van der Waals surface area contributed by atoms with Crippen molar-refractivity contribution in [2.24, 2.45) is 5.92 Å². The molecule has 1 heterocycles. The fourth-order valence-electron chi connectivity index (χ4n) is 3.16. The van der Waals surface area contributed by atoms with Gasteiger partial charge in [-0.05, 0) is 40.0 Å². The van der Waals surface area contributed by atoms with Gasteiger partial charge in [0.25, 0.3) is 0 Å². The van der Waals surface area contributed by atoms with Gasteiger partial charge in [0.05, 0.1) is 11.2 Å². The van der Waals surface area contributed by atoms with Crippen LogP contribution in [0.1, 0.15) is 60.8 Å². The SMILES string of the molecule is CC1CC(=O)CC(C)(B2OC(C)(C)C(C)(C)O2)C1. The quantitative estimate of drug-likeness (QED) is 0.672. The number of carbonyl (C=O) groups is 1. The summed E-state index contributed by atoms with van der Waals surface area (Å²) >= 11 is 0. The van der Waals surface area contributed by atoms with Gasteiger partial charge in [0.1, 0.15) is 5.78 Å². The van der Waals surface area contributed by atoms with Gasteiger partial charge in [-0.15, -0.1) is 0 Å². The van der Waals surface area contributed by atoms with E-state index >= 15 is 0 Å².